The number of fused-ring (bicyclic) bond motifs is 2. The molecule has 0 saturated carbocycles. The summed E-state index contributed by atoms with van der Waals surface area (Å²) in [4.78, 5) is 2.32. The zero-order chi connectivity index (χ0) is 14.2. The quantitative estimate of drug-likeness (QED) is 0.791. The fraction of sp³-hybridized carbons (Fsp3) is 0.571. The van der Waals surface area contributed by atoms with E-state index in [0.29, 0.717) is 24.9 Å². The van der Waals surface area contributed by atoms with Crippen molar-refractivity contribution in [1.82, 2.24) is 4.90 Å². The molecule has 0 amide bonds. The van der Waals surface area contributed by atoms with Crippen LogP contribution in [-0.2, 0) is 6.54 Å². The second kappa shape index (κ2) is 5.16. The normalized spacial score (nSPS) is 23.2. The molecule has 6 heteroatoms. The van der Waals surface area contributed by atoms with Gasteiger partial charge in [0.05, 0.1) is 6.61 Å². The van der Waals surface area contributed by atoms with E-state index in [-0.39, 0.29) is 5.75 Å². The molecule has 0 radical (unpaired) electrons. The summed E-state index contributed by atoms with van der Waals surface area (Å²) in [6, 6.07) is 4.78. The average molecular weight is 287 g/mol. The monoisotopic (exact) mass is 287 g/mol. The fourth-order valence-electron chi connectivity index (χ4n) is 2.97. The molecule has 20 heavy (non-hydrogen) atoms. The maximum Gasteiger partial charge on any atom is 0.573 e. The third-order valence-corrected chi connectivity index (χ3v) is 3.85. The number of hydrogen-bond acceptors (Lipinski definition) is 3. The molecule has 0 bridgehead atoms. The van der Waals surface area contributed by atoms with Gasteiger partial charge in [-0.25, -0.2) is 0 Å². The van der Waals surface area contributed by atoms with Crippen molar-refractivity contribution in [3.8, 4) is 11.5 Å². The van der Waals surface area contributed by atoms with Crippen LogP contribution in [0.4, 0.5) is 13.2 Å². The molecule has 2 aliphatic rings. The molecular formula is C14H16F3NO2. The van der Waals surface area contributed by atoms with Crippen LogP contribution in [0.3, 0.4) is 0 Å². The Morgan fingerprint density at radius 3 is 2.90 bits per heavy atom. The molecule has 1 fully saturated rings. The Kier molecular flexibility index (Phi) is 3.50. The minimum atomic E-state index is -4.66. The van der Waals surface area contributed by atoms with Crippen molar-refractivity contribution in [2.75, 3.05) is 13.2 Å². The van der Waals surface area contributed by atoms with E-state index < -0.39 is 6.36 Å². The molecule has 0 spiro atoms. The number of alkyl halides is 3. The van der Waals surface area contributed by atoms with Crippen molar-refractivity contribution in [3.05, 3.63) is 23.8 Å². The van der Waals surface area contributed by atoms with Gasteiger partial charge in [0, 0.05) is 18.2 Å². The van der Waals surface area contributed by atoms with Crippen molar-refractivity contribution in [2.45, 2.75) is 38.2 Å². The Labute approximate surface area is 115 Å². The molecule has 1 atom stereocenters. The summed E-state index contributed by atoms with van der Waals surface area (Å²) in [6.45, 7) is 2.22. The highest BCUT2D eigenvalue weighted by molar-refractivity contribution is 5.40. The molecule has 1 unspecified atom stereocenters. The van der Waals surface area contributed by atoms with Crippen LogP contribution >= 0.6 is 0 Å². The first-order valence-corrected chi connectivity index (χ1v) is 6.77. The summed E-state index contributed by atoms with van der Waals surface area (Å²) < 4.78 is 46.4. The molecule has 1 aromatic carbocycles. The van der Waals surface area contributed by atoms with E-state index in [4.69, 9.17) is 4.74 Å². The van der Waals surface area contributed by atoms with E-state index >= 15 is 0 Å². The zero-order valence-corrected chi connectivity index (χ0v) is 10.9. The summed E-state index contributed by atoms with van der Waals surface area (Å²) in [7, 11) is 0. The number of nitrogens with zero attached hydrogens (tertiary/aromatic N) is 1. The van der Waals surface area contributed by atoms with Gasteiger partial charge in [-0.15, -0.1) is 13.2 Å². The Bertz CT molecular complexity index is 490. The van der Waals surface area contributed by atoms with Crippen molar-refractivity contribution < 1.29 is 22.6 Å². The Morgan fingerprint density at radius 1 is 1.25 bits per heavy atom. The van der Waals surface area contributed by atoms with Gasteiger partial charge in [-0.05, 0) is 44.0 Å². The van der Waals surface area contributed by atoms with E-state index in [1.165, 1.54) is 12.1 Å². The highest BCUT2D eigenvalue weighted by Gasteiger charge is 2.32. The van der Waals surface area contributed by atoms with Gasteiger partial charge in [-0.2, -0.15) is 0 Å². The molecule has 1 saturated heterocycles. The number of benzene rings is 1. The maximum atomic E-state index is 12.3. The molecule has 0 aliphatic carbocycles. The number of halogens is 3. The van der Waals surface area contributed by atoms with Gasteiger partial charge in [-0.3, -0.25) is 4.90 Å². The van der Waals surface area contributed by atoms with Gasteiger partial charge >= 0.3 is 6.36 Å². The average Bonchev–Trinajstić information content (AvgIpc) is 2.74. The van der Waals surface area contributed by atoms with E-state index in [1.807, 2.05) is 0 Å². The number of ether oxygens (including phenoxy) is 2. The van der Waals surface area contributed by atoms with Crippen molar-refractivity contribution in [3.63, 3.8) is 0 Å². The Hall–Kier alpha value is -1.43. The van der Waals surface area contributed by atoms with Gasteiger partial charge in [-0.1, -0.05) is 0 Å². The van der Waals surface area contributed by atoms with Gasteiger partial charge < -0.3 is 9.47 Å². The Balaban J connectivity index is 1.84. The maximum absolute atomic E-state index is 12.3. The number of hydrogen-bond donors (Lipinski definition) is 0. The van der Waals surface area contributed by atoms with Crippen LogP contribution < -0.4 is 9.47 Å². The second-order valence-corrected chi connectivity index (χ2v) is 5.22. The van der Waals surface area contributed by atoms with Crippen LogP contribution in [0.1, 0.15) is 24.8 Å². The van der Waals surface area contributed by atoms with Crippen LogP contribution in [0.5, 0.6) is 11.5 Å². The lowest BCUT2D eigenvalue weighted by molar-refractivity contribution is -0.274. The summed E-state index contributed by atoms with van der Waals surface area (Å²) in [5.74, 6) is 0.473. The molecule has 3 nitrogen and oxygen atoms in total. The van der Waals surface area contributed by atoms with Crippen molar-refractivity contribution >= 4 is 0 Å². The van der Waals surface area contributed by atoms with Crippen molar-refractivity contribution in [1.29, 1.82) is 0 Å². The van der Waals surface area contributed by atoms with E-state index in [0.717, 1.165) is 31.4 Å². The molecule has 0 N–H and O–H groups in total. The van der Waals surface area contributed by atoms with Crippen LogP contribution in [0, 0.1) is 0 Å². The van der Waals surface area contributed by atoms with Gasteiger partial charge in [0.1, 0.15) is 11.5 Å². The largest absolute Gasteiger partial charge is 0.573 e. The summed E-state index contributed by atoms with van der Waals surface area (Å²) in [5, 5.41) is 0. The zero-order valence-electron chi connectivity index (χ0n) is 10.9. The minimum absolute atomic E-state index is 0.184. The lowest BCUT2D eigenvalue weighted by Crippen LogP contribution is -2.32. The smallest absolute Gasteiger partial charge is 0.493 e. The van der Waals surface area contributed by atoms with Gasteiger partial charge in [0.15, 0.2) is 0 Å². The molecule has 2 heterocycles. The van der Waals surface area contributed by atoms with Gasteiger partial charge in [0.25, 0.3) is 0 Å². The molecular weight excluding hydrogens is 271 g/mol. The SMILES string of the molecule is FC(F)(F)Oc1ccc2c(c1)CN1CCCC1CCO2. The molecule has 2 aliphatic heterocycles. The van der Waals surface area contributed by atoms with Crippen LogP contribution in [0.2, 0.25) is 0 Å². The van der Waals surface area contributed by atoms with Crippen molar-refractivity contribution in [2.24, 2.45) is 0 Å². The minimum Gasteiger partial charge on any atom is -0.493 e. The molecule has 0 aromatic heterocycles. The van der Waals surface area contributed by atoms with Crippen LogP contribution in [0.15, 0.2) is 18.2 Å². The van der Waals surface area contributed by atoms with Crippen LogP contribution in [0.25, 0.3) is 0 Å². The second-order valence-electron chi connectivity index (χ2n) is 5.22. The lowest BCUT2D eigenvalue weighted by atomic mass is 10.1. The highest BCUT2D eigenvalue weighted by Crippen LogP contribution is 2.33. The third kappa shape index (κ3) is 3.00. The molecule has 3 rings (SSSR count). The van der Waals surface area contributed by atoms with E-state index in [9.17, 15) is 13.2 Å². The summed E-state index contributed by atoms with van der Waals surface area (Å²) in [5.41, 5.74) is 0.762. The fourth-order valence-corrected chi connectivity index (χ4v) is 2.97. The lowest BCUT2D eigenvalue weighted by Gasteiger charge is -2.28. The molecule has 1 aromatic rings. The van der Waals surface area contributed by atoms with E-state index in [1.54, 1.807) is 6.07 Å². The summed E-state index contributed by atoms with van der Waals surface area (Å²) >= 11 is 0. The summed E-state index contributed by atoms with van der Waals surface area (Å²) in [6.07, 6.45) is -1.41. The number of rotatable bonds is 1. The van der Waals surface area contributed by atoms with Gasteiger partial charge in [0.2, 0.25) is 0 Å². The first-order chi connectivity index (χ1) is 9.51. The molecule has 110 valence electrons. The topological polar surface area (TPSA) is 21.7 Å². The third-order valence-electron chi connectivity index (χ3n) is 3.85. The predicted molar refractivity (Wildman–Crippen MR) is 66.7 cm³/mol. The predicted octanol–water partition coefficient (Wildman–Crippen LogP) is 3.33. The van der Waals surface area contributed by atoms with E-state index in [2.05, 4.69) is 9.64 Å². The standard InChI is InChI=1S/C14H16F3NO2/c15-14(16,17)20-12-3-4-13-10(8-12)9-18-6-1-2-11(18)5-7-19-13/h3-4,8,11H,1-2,5-7,9H2. The van der Waals surface area contributed by atoms with Crippen LogP contribution in [-0.4, -0.2) is 30.5 Å². The first-order valence-electron chi connectivity index (χ1n) is 6.77. The Morgan fingerprint density at radius 2 is 2.10 bits per heavy atom. The highest BCUT2D eigenvalue weighted by atomic mass is 19.4. The first kappa shape index (κ1) is 13.5.